The molecule has 0 aliphatic rings. The highest BCUT2D eigenvalue weighted by atomic mass is 35.5. The second kappa shape index (κ2) is 5.95. The van der Waals surface area contributed by atoms with Crippen LogP contribution in [0, 0.1) is 6.92 Å². The Balaban J connectivity index is 2.47. The van der Waals surface area contributed by atoms with Gasteiger partial charge in [-0.05, 0) is 37.7 Å². The third-order valence-corrected chi connectivity index (χ3v) is 2.44. The summed E-state index contributed by atoms with van der Waals surface area (Å²) in [5.74, 6) is 0.729. The number of likely N-dealkylation sites (N-methyl/N-ethyl adjacent to an activating group) is 1. The molecule has 1 aromatic rings. The smallest absolute Gasteiger partial charge is 0.119 e. The summed E-state index contributed by atoms with van der Waals surface area (Å²) >= 11 is 5.88. The van der Waals surface area contributed by atoms with E-state index in [1.165, 1.54) is 0 Å². The molecule has 3 nitrogen and oxygen atoms in total. The molecule has 0 saturated carbocycles. The minimum absolute atomic E-state index is 0.280. The number of hydrogen-bond acceptors (Lipinski definition) is 3. The van der Waals surface area contributed by atoms with Gasteiger partial charge in [-0.2, -0.15) is 0 Å². The van der Waals surface area contributed by atoms with Crippen LogP contribution in [0.25, 0.3) is 0 Å². The summed E-state index contributed by atoms with van der Waals surface area (Å²) < 4.78 is 5.41. The molecule has 0 spiro atoms. The summed E-state index contributed by atoms with van der Waals surface area (Å²) in [5.41, 5.74) is 0.970. The van der Waals surface area contributed by atoms with E-state index < -0.39 is 6.10 Å². The van der Waals surface area contributed by atoms with Gasteiger partial charge in [0.2, 0.25) is 0 Å². The van der Waals surface area contributed by atoms with Crippen molar-refractivity contribution in [1.82, 2.24) is 5.32 Å². The first kappa shape index (κ1) is 12.3. The van der Waals surface area contributed by atoms with Gasteiger partial charge in [-0.3, -0.25) is 0 Å². The van der Waals surface area contributed by atoms with Crippen molar-refractivity contribution in [2.75, 3.05) is 20.2 Å². The molecule has 0 saturated heterocycles. The van der Waals surface area contributed by atoms with Crippen LogP contribution in [0.3, 0.4) is 0 Å². The van der Waals surface area contributed by atoms with E-state index in [0.29, 0.717) is 6.54 Å². The van der Waals surface area contributed by atoms with E-state index >= 15 is 0 Å². The number of hydrogen-bond donors (Lipinski definition) is 2. The molecule has 1 rings (SSSR count). The number of rotatable bonds is 5. The number of nitrogens with one attached hydrogen (secondary N) is 1. The number of aliphatic hydroxyl groups excluding tert-OH is 1. The average Bonchev–Trinajstić information content (AvgIpc) is 2.20. The van der Waals surface area contributed by atoms with Gasteiger partial charge in [0, 0.05) is 11.6 Å². The Kier molecular flexibility index (Phi) is 4.88. The predicted octanol–water partition coefficient (Wildman–Crippen LogP) is 1.61. The first-order chi connectivity index (χ1) is 7.13. The van der Waals surface area contributed by atoms with Crippen LogP contribution in [-0.4, -0.2) is 31.4 Å². The van der Waals surface area contributed by atoms with Gasteiger partial charge in [-0.25, -0.2) is 0 Å². The lowest BCUT2D eigenvalue weighted by Gasteiger charge is -2.12. The number of aliphatic hydroxyl groups is 1. The van der Waals surface area contributed by atoms with Crippen LogP contribution in [0.4, 0.5) is 0 Å². The molecule has 0 aliphatic carbocycles. The summed E-state index contributed by atoms with van der Waals surface area (Å²) in [6, 6.07) is 5.44. The van der Waals surface area contributed by atoms with E-state index in [9.17, 15) is 5.11 Å². The molecule has 0 amide bonds. The minimum atomic E-state index is -0.494. The molecule has 0 radical (unpaired) electrons. The van der Waals surface area contributed by atoms with Gasteiger partial charge in [0.15, 0.2) is 0 Å². The third kappa shape index (κ3) is 4.08. The first-order valence-corrected chi connectivity index (χ1v) is 5.23. The topological polar surface area (TPSA) is 41.5 Å². The summed E-state index contributed by atoms with van der Waals surface area (Å²) in [6.45, 7) is 2.72. The molecule has 4 heteroatoms. The second-order valence-corrected chi connectivity index (χ2v) is 3.84. The van der Waals surface area contributed by atoms with Gasteiger partial charge in [0.25, 0.3) is 0 Å². The van der Waals surface area contributed by atoms with Crippen molar-refractivity contribution in [1.29, 1.82) is 0 Å². The van der Waals surface area contributed by atoms with Gasteiger partial charge in [-0.15, -0.1) is 0 Å². The maximum atomic E-state index is 9.42. The van der Waals surface area contributed by atoms with Crippen LogP contribution in [0.5, 0.6) is 5.75 Å². The van der Waals surface area contributed by atoms with Crippen molar-refractivity contribution in [2.24, 2.45) is 0 Å². The van der Waals surface area contributed by atoms with E-state index in [0.717, 1.165) is 16.3 Å². The maximum Gasteiger partial charge on any atom is 0.119 e. The SMILES string of the molecule is CNCC(O)COc1ccc(Cl)c(C)c1. The Bertz CT molecular complexity index is 317. The van der Waals surface area contributed by atoms with Gasteiger partial charge in [0.05, 0.1) is 0 Å². The molecule has 0 fully saturated rings. The molecule has 2 N–H and O–H groups in total. The molecule has 0 aliphatic heterocycles. The molecule has 1 unspecified atom stereocenters. The van der Waals surface area contributed by atoms with E-state index in [1.807, 2.05) is 13.0 Å². The van der Waals surface area contributed by atoms with Crippen molar-refractivity contribution < 1.29 is 9.84 Å². The van der Waals surface area contributed by atoms with E-state index in [-0.39, 0.29) is 6.61 Å². The van der Waals surface area contributed by atoms with Crippen molar-refractivity contribution >= 4 is 11.6 Å². The first-order valence-electron chi connectivity index (χ1n) is 4.85. The third-order valence-electron chi connectivity index (χ3n) is 2.01. The fraction of sp³-hybridized carbons (Fsp3) is 0.455. The average molecular weight is 230 g/mol. The Morgan fingerprint density at radius 2 is 2.27 bits per heavy atom. The Morgan fingerprint density at radius 1 is 1.53 bits per heavy atom. The van der Waals surface area contributed by atoms with Gasteiger partial charge < -0.3 is 15.2 Å². The molecule has 1 atom stereocenters. The van der Waals surface area contributed by atoms with Crippen LogP contribution in [-0.2, 0) is 0 Å². The monoisotopic (exact) mass is 229 g/mol. The largest absolute Gasteiger partial charge is 0.491 e. The zero-order valence-corrected chi connectivity index (χ0v) is 9.71. The van der Waals surface area contributed by atoms with E-state index in [2.05, 4.69) is 5.32 Å². The predicted molar refractivity (Wildman–Crippen MR) is 61.6 cm³/mol. The van der Waals surface area contributed by atoms with Crippen LogP contribution < -0.4 is 10.1 Å². The second-order valence-electron chi connectivity index (χ2n) is 3.43. The van der Waals surface area contributed by atoms with Crippen LogP contribution in [0.2, 0.25) is 5.02 Å². The normalized spacial score (nSPS) is 12.5. The molecule has 84 valence electrons. The summed E-state index contributed by atoms with van der Waals surface area (Å²) in [6.07, 6.45) is -0.494. The quantitative estimate of drug-likeness (QED) is 0.806. The molecular weight excluding hydrogens is 214 g/mol. The Morgan fingerprint density at radius 3 is 2.87 bits per heavy atom. The molecular formula is C11H16ClNO2. The standard InChI is InChI=1S/C11H16ClNO2/c1-8-5-10(3-4-11(8)12)15-7-9(14)6-13-2/h3-5,9,13-14H,6-7H2,1-2H3. The summed E-state index contributed by atoms with van der Waals surface area (Å²) in [4.78, 5) is 0. The van der Waals surface area contributed by atoms with E-state index in [4.69, 9.17) is 16.3 Å². The fourth-order valence-corrected chi connectivity index (χ4v) is 1.31. The highest BCUT2D eigenvalue weighted by Crippen LogP contribution is 2.20. The molecule has 15 heavy (non-hydrogen) atoms. The van der Waals surface area contributed by atoms with Crippen LogP contribution >= 0.6 is 11.6 Å². The number of benzene rings is 1. The zero-order chi connectivity index (χ0) is 11.3. The highest BCUT2D eigenvalue weighted by Gasteiger charge is 2.04. The van der Waals surface area contributed by atoms with Crippen LogP contribution in [0.1, 0.15) is 5.56 Å². The Labute approximate surface area is 95.0 Å². The lowest BCUT2D eigenvalue weighted by molar-refractivity contribution is 0.108. The van der Waals surface area contributed by atoms with Crippen molar-refractivity contribution in [3.63, 3.8) is 0 Å². The maximum absolute atomic E-state index is 9.42. The Hall–Kier alpha value is -0.770. The van der Waals surface area contributed by atoms with Crippen molar-refractivity contribution in [3.8, 4) is 5.75 Å². The van der Waals surface area contributed by atoms with Crippen molar-refractivity contribution in [2.45, 2.75) is 13.0 Å². The molecule has 1 aromatic carbocycles. The molecule has 0 aromatic heterocycles. The van der Waals surface area contributed by atoms with Gasteiger partial charge >= 0.3 is 0 Å². The molecule has 0 heterocycles. The number of halogens is 1. The number of aryl methyl sites for hydroxylation is 1. The highest BCUT2D eigenvalue weighted by molar-refractivity contribution is 6.31. The van der Waals surface area contributed by atoms with E-state index in [1.54, 1.807) is 19.2 Å². The lowest BCUT2D eigenvalue weighted by atomic mass is 10.2. The fourth-order valence-electron chi connectivity index (χ4n) is 1.19. The van der Waals surface area contributed by atoms with Crippen molar-refractivity contribution in [3.05, 3.63) is 28.8 Å². The summed E-state index contributed by atoms with van der Waals surface area (Å²) in [5, 5.41) is 13.0. The van der Waals surface area contributed by atoms with Gasteiger partial charge in [-0.1, -0.05) is 11.6 Å². The molecule has 0 bridgehead atoms. The zero-order valence-electron chi connectivity index (χ0n) is 8.96. The number of ether oxygens (including phenoxy) is 1. The summed E-state index contributed by atoms with van der Waals surface area (Å²) in [7, 11) is 1.79. The minimum Gasteiger partial charge on any atom is -0.491 e. The lowest BCUT2D eigenvalue weighted by Crippen LogP contribution is -2.29. The van der Waals surface area contributed by atoms with Crippen LogP contribution in [0.15, 0.2) is 18.2 Å². The van der Waals surface area contributed by atoms with Gasteiger partial charge in [0.1, 0.15) is 18.5 Å².